The van der Waals surface area contributed by atoms with Gasteiger partial charge in [-0.1, -0.05) is 17.7 Å². The smallest absolute Gasteiger partial charge is 0.313 e. The van der Waals surface area contributed by atoms with Gasteiger partial charge in [0, 0.05) is 6.07 Å². The Hall–Kier alpha value is -2.61. The van der Waals surface area contributed by atoms with Crippen LogP contribution in [0.2, 0.25) is 5.02 Å². The Morgan fingerprint density at radius 3 is 2.75 bits per heavy atom. The average Bonchev–Trinajstić information content (AvgIpc) is 2.41. The van der Waals surface area contributed by atoms with Crippen LogP contribution in [0.1, 0.15) is 0 Å². The van der Waals surface area contributed by atoms with Crippen molar-refractivity contribution in [2.24, 2.45) is 0 Å². The molecule has 0 saturated heterocycles. The van der Waals surface area contributed by atoms with Gasteiger partial charge in [-0.2, -0.15) is 4.98 Å². The molecule has 2 rings (SSSR count). The number of hydrogen-bond acceptors (Lipinski definition) is 7. The summed E-state index contributed by atoms with van der Waals surface area (Å²) in [7, 11) is 1.35. The zero-order valence-electron chi connectivity index (χ0n) is 10.2. The van der Waals surface area contributed by atoms with Crippen molar-refractivity contribution in [3.8, 4) is 17.4 Å². The molecule has 0 bridgehead atoms. The maximum atomic E-state index is 11.0. The Labute approximate surface area is 118 Å². The number of nitro groups is 1. The summed E-state index contributed by atoms with van der Waals surface area (Å²) in [5, 5.41) is 11.0. The predicted octanol–water partition coefficient (Wildman–Crippen LogP) is 2.42. The van der Waals surface area contributed by atoms with E-state index in [-0.39, 0.29) is 33.9 Å². The summed E-state index contributed by atoms with van der Waals surface area (Å²) in [6.07, 6.45) is 1.15. The van der Waals surface area contributed by atoms with Crippen molar-refractivity contribution < 1.29 is 14.4 Å². The molecule has 0 atom stereocenters. The predicted molar refractivity (Wildman–Crippen MR) is 71.2 cm³/mol. The first kappa shape index (κ1) is 13.8. The van der Waals surface area contributed by atoms with Crippen LogP contribution in [-0.2, 0) is 0 Å². The van der Waals surface area contributed by atoms with Gasteiger partial charge >= 0.3 is 5.69 Å². The Balaban J connectivity index is 2.50. The van der Waals surface area contributed by atoms with Gasteiger partial charge in [0.1, 0.15) is 6.33 Å². The van der Waals surface area contributed by atoms with E-state index in [1.165, 1.54) is 25.3 Å². The maximum absolute atomic E-state index is 11.0. The number of aromatic nitrogens is 2. The van der Waals surface area contributed by atoms with Crippen LogP contribution in [0.3, 0.4) is 0 Å². The highest BCUT2D eigenvalue weighted by Gasteiger charge is 2.22. The molecule has 0 aliphatic heterocycles. The molecule has 2 N–H and O–H groups in total. The lowest BCUT2D eigenvalue weighted by atomic mass is 10.3. The molecule has 0 aliphatic carbocycles. The zero-order chi connectivity index (χ0) is 14.7. The van der Waals surface area contributed by atoms with Crippen molar-refractivity contribution in [2.45, 2.75) is 0 Å². The van der Waals surface area contributed by atoms with Gasteiger partial charge in [-0.15, -0.1) is 0 Å². The van der Waals surface area contributed by atoms with E-state index in [0.29, 0.717) is 0 Å². The van der Waals surface area contributed by atoms with Gasteiger partial charge in [-0.25, -0.2) is 4.98 Å². The normalized spacial score (nSPS) is 10.1. The van der Waals surface area contributed by atoms with Gasteiger partial charge in [0.05, 0.1) is 17.1 Å². The van der Waals surface area contributed by atoms with Crippen LogP contribution in [0.4, 0.5) is 11.5 Å². The second-order valence-electron chi connectivity index (χ2n) is 3.54. The number of nitrogen functional groups attached to an aromatic ring is 1. The van der Waals surface area contributed by atoms with Gasteiger partial charge in [-0.05, 0) is 6.07 Å². The number of rotatable bonds is 4. The molecule has 0 unspecified atom stereocenters. The van der Waals surface area contributed by atoms with Crippen molar-refractivity contribution in [3.05, 3.63) is 39.7 Å². The monoisotopic (exact) mass is 296 g/mol. The molecule has 0 radical (unpaired) electrons. The second-order valence-corrected chi connectivity index (χ2v) is 3.95. The van der Waals surface area contributed by atoms with Crippen LogP contribution in [-0.4, -0.2) is 22.0 Å². The highest BCUT2D eigenvalue weighted by atomic mass is 35.5. The summed E-state index contributed by atoms with van der Waals surface area (Å²) in [5.74, 6) is -0.0827. The number of para-hydroxylation sites is 1. The van der Waals surface area contributed by atoms with Gasteiger partial charge < -0.3 is 15.2 Å². The second kappa shape index (κ2) is 5.57. The lowest BCUT2D eigenvalue weighted by Gasteiger charge is -2.10. The Bertz CT molecular complexity index is 665. The maximum Gasteiger partial charge on any atom is 0.313 e. The van der Waals surface area contributed by atoms with Crippen LogP contribution in [0, 0.1) is 10.1 Å². The highest BCUT2D eigenvalue weighted by Crippen LogP contribution is 2.40. The minimum Gasteiger partial charge on any atom is -0.489 e. The number of benzene rings is 1. The molecule has 104 valence electrons. The van der Waals surface area contributed by atoms with Crippen molar-refractivity contribution in [1.29, 1.82) is 0 Å². The van der Waals surface area contributed by atoms with E-state index in [4.69, 9.17) is 26.8 Å². The number of nitrogens with two attached hydrogens (primary N) is 1. The first-order chi connectivity index (χ1) is 9.54. The number of nitrogens with zero attached hydrogens (tertiary/aromatic N) is 3. The van der Waals surface area contributed by atoms with E-state index < -0.39 is 4.92 Å². The molecule has 1 aromatic carbocycles. The van der Waals surface area contributed by atoms with E-state index in [0.717, 1.165) is 6.33 Å². The summed E-state index contributed by atoms with van der Waals surface area (Å²) >= 11 is 5.91. The standard InChI is InChI=1S/C11H9ClN4O4/c1-19-9-10(13)14-5-15-11(9)20-8-6(12)3-2-4-7(8)16(17)18/h2-5H,1H3,(H2,13,14,15). The first-order valence-corrected chi connectivity index (χ1v) is 5.67. The molecular weight excluding hydrogens is 288 g/mol. The molecule has 0 spiro atoms. The largest absolute Gasteiger partial charge is 0.489 e. The molecule has 0 aliphatic rings. The third-order valence-electron chi connectivity index (χ3n) is 2.34. The number of halogens is 1. The SMILES string of the molecule is COc1c(N)ncnc1Oc1c(Cl)cccc1[N+](=O)[O-]. The van der Waals surface area contributed by atoms with Crippen LogP contribution < -0.4 is 15.2 Å². The third kappa shape index (κ3) is 2.54. The lowest BCUT2D eigenvalue weighted by Crippen LogP contribution is -2.01. The molecule has 8 nitrogen and oxygen atoms in total. The Morgan fingerprint density at radius 1 is 1.35 bits per heavy atom. The Kier molecular flexibility index (Phi) is 3.85. The van der Waals surface area contributed by atoms with Crippen LogP contribution in [0.15, 0.2) is 24.5 Å². The van der Waals surface area contributed by atoms with Crippen molar-refractivity contribution >= 4 is 23.1 Å². The van der Waals surface area contributed by atoms with Gasteiger partial charge in [-0.3, -0.25) is 10.1 Å². The van der Waals surface area contributed by atoms with Gasteiger partial charge in [0.25, 0.3) is 5.88 Å². The van der Waals surface area contributed by atoms with Crippen LogP contribution >= 0.6 is 11.6 Å². The third-order valence-corrected chi connectivity index (χ3v) is 2.64. The summed E-state index contributed by atoms with van der Waals surface area (Å²) in [4.78, 5) is 17.9. The van der Waals surface area contributed by atoms with Gasteiger partial charge in [0.2, 0.25) is 11.5 Å². The number of ether oxygens (including phenoxy) is 2. The zero-order valence-corrected chi connectivity index (χ0v) is 11.0. The number of hydrogen-bond donors (Lipinski definition) is 1. The van der Waals surface area contributed by atoms with Crippen molar-refractivity contribution in [2.75, 3.05) is 12.8 Å². The van der Waals surface area contributed by atoms with E-state index in [9.17, 15) is 10.1 Å². The summed E-state index contributed by atoms with van der Waals surface area (Å²) in [6, 6.07) is 4.16. The van der Waals surface area contributed by atoms with E-state index in [2.05, 4.69) is 9.97 Å². The highest BCUT2D eigenvalue weighted by molar-refractivity contribution is 6.32. The van der Waals surface area contributed by atoms with Crippen LogP contribution in [0.5, 0.6) is 17.4 Å². The minimum absolute atomic E-state index is 0.0483. The average molecular weight is 297 g/mol. The topological polar surface area (TPSA) is 113 Å². The fourth-order valence-corrected chi connectivity index (χ4v) is 1.68. The number of nitro benzene ring substituents is 1. The fourth-order valence-electron chi connectivity index (χ4n) is 1.47. The molecule has 0 saturated carbocycles. The molecular formula is C11H9ClN4O4. The molecule has 2 aromatic rings. The number of anilines is 1. The molecule has 9 heteroatoms. The van der Waals surface area contributed by atoms with E-state index in [1.807, 2.05) is 0 Å². The van der Waals surface area contributed by atoms with E-state index >= 15 is 0 Å². The van der Waals surface area contributed by atoms with Crippen LogP contribution in [0.25, 0.3) is 0 Å². The Morgan fingerprint density at radius 2 is 2.10 bits per heavy atom. The minimum atomic E-state index is -0.613. The van der Waals surface area contributed by atoms with E-state index in [1.54, 1.807) is 0 Å². The molecule has 0 amide bonds. The molecule has 1 heterocycles. The first-order valence-electron chi connectivity index (χ1n) is 5.29. The lowest BCUT2D eigenvalue weighted by molar-refractivity contribution is -0.385. The van der Waals surface area contributed by atoms with Gasteiger partial charge in [0.15, 0.2) is 5.82 Å². The molecule has 1 aromatic heterocycles. The quantitative estimate of drug-likeness (QED) is 0.680. The summed E-state index contributed by atoms with van der Waals surface area (Å²) in [5.41, 5.74) is 5.30. The molecule has 20 heavy (non-hydrogen) atoms. The van der Waals surface area contributed by atoms with Crippen molar-refractivity contribution in [1.82, 2.24) is 9.97 Å². The molecule has 0 fully saturated rings. The number of methoxy groups -OCH3 is 1. The summed E-state index contributed by atoms with van der Waals surface area (Å²) in [6.45, 7) is 0. The summed E-state index contributed by atoms with van der Waals surface area (Å²) < 4.78 is 10.4. The van der Waals surface area contributed by atoms with Crippen molar-refractivity contribution in [3.63, 3.8) is 0 Å². The fraction of sp³-hybridized carbons (Fsp3) is 0.0909.